The number of rotatable bonds is 7. The van der Waals surface area contributed by atoms with Crippen LogP contribution in [0, 0.1) is 0 Å². The fourth-order valence-electron chi connectivity index (χ4n) is 2.26. The molecular weight excluding hydrogens is 380 g/mol. The Labute approximate surface area is 148 Å². The van der Waals surface area contributed by atoms with Gasteiger partial charge in [0.15, 0.2) is 0 Å². The first-order chi connectivity index (χ1) is 11.2. The molecule has 5 heteroatoms. The summed E-state index contributed by atoms with van der Waals surface area (Å²) in [5.74, 6) is 0.690. The molecule has 0 heterocycles. The van der Waals surface area contributed by atoms with Crippen molar-refractivity contribution in [3.05, 3.63) is 51.5 Å². The van der Waals surface area contributed by atoms with Crippen molar-refractivity contribution in [1.29, 1.82) is 0 Å². The molecule has 3 rings (SSSR count). The zero-order valence-corrected chi connectivity index (χ0v) is 14.8. The second kappa shape index (κ2) is 7.47. The first-order valence-electron chi connectivity index (χ1n) is 7.46. The molecule has 0 atom stereocenters. The molecule has 2 aromatic carbocycles. The van der Waals surface area contributed by atoms with Crippen LogP contribution in [0.4, 0.5) is 0 Å². The summed E-state index contributed by atoms with van der Waals surface area (Å²) in [6.45, 7) is 1.03. The van der Waals surface area contributed by atoms with Crippen LogP contribution >= 0.6 is 27.5 Å². The highest BCUT2D eigenvalue weighted by Gasteiger charge is 2.21. The molecule has 1 saturated carbocycles. The second-order valence-electron chi connectivity index (χ2n) is 5.42. The normalized spacial score (nSPS) is 13.8. The van der Waals surface area contributed by atoms with Crippen molar-refractivity contribution in [3.63, 3.8) is 0 Å². The zero-order chi connectivity index (χ0) is 16.2. The molecule has 1 aliphatic carbocycles. The monoisotopic (exact) mass is 394 g/mol. The lowest BCUT2D eigenvalue weighted by Crippen LogP contribution is -2.08. The van der Waals surface area contributed by atoms with Crippen molar-refractivity contribution in [3.8, 4) is 16.9 Å². The van der Waals surface area contributed by atoms with Crippen molar-refractivity contribution in [2.75, 3.05) is 13.2 Å². The molecule has 0 bridgehead atoms. The first-order valence-corrected chi connectivity index (χ1v) is 8.63. The van der Waals surface area contributed by atoms with E-state index in [1.807, 2.05) is 18.2 Å². The molecule has 0 unspecified atom stereocenters. The number of hydrogen-bond donors (Lipinski definition) is 0. The SMILES string of the molecule is O=Cc1ccc(OCCOC2CC2)c(-c2cc(Br)ccc2Cl)c1. The molecule has 0 aromatic heterocycles. The van der Waals surface area contributed by atoms with E-state index in [4.69, 9.17) is 21.1 Å². The van der Waals surface area contributed by atoms with Gasteiger partial charge < -0.3 is 9.47 Å². The summed E-state index contributed by atoms with van der Waals surface area (Å²) in [6.07, 6.45) is 3.52. The van der Waals surface area contributed by atoms with Crippen molar-refractivity contribution < 1.29 is 14.3 Å². The van der Waals surface area contributed by atoms with Gasteiger partial charge in [-0.15, -0.1) is 0 Å². The summed E-state index contributed by atoms with van der Waals surface area (Å²) in [7, 11) is 0. The third-order valence-electron chi connectivity index (χ3n) is 3.58. The molecule has 0 aliphatic heterocycles. The molecule has 3 nitrogen and oxygen atoms in total. The summed E-state index contributed by atoms with van der Waals surface area (Å²) < 4.78 is 12.4. The lowest BCUT2D eigenvalue weighted by Gasteiger charge is -2.14. The number of halogens is 2. The van der Waals surface area contributed by atoms with Crippen LogP contribution in [0.15, 0.2) is 40.9 Å². The van der Waals surface area contributed by atoms with Crippen molar-refractivity contribution in [1.82, 2.24) is 0 Å². The second-order valence-corrected chi connectivity index (χ2v) is 6.74. The smallest absolute Gasteiger partial charge is 0.150 e. The molecule has 0 N–H and O–H groups in total. The average Bonchev–Trinajstić information content (AvgIpc) is 3.38. The van der Waals surface area contributed by atoms with Crippen molar-refractivity contribution in [2.45, 2.75) is 18.9 Å². The number of ether oxygens (including phenoxy) is 2. The molecule has 0 spiro atoms. The maximum absolute atomic E-state index is 11.1. The summed E-state index contributed by atoms with van der Waals surface area (Å²) in [6, 6.07) is 10.9. The Morgan fingerprint density at radius 2 is 1.96 bits per heavy atom. The van der Waals surface area contributed by atoms with Gasteiger partial charge in [-0.25, -0.2) is 0 Å². The lowest BCUT2D eigenvalue weighted by molar-refractivity contribution is 0.0882. The minimum atomic E-state index is 0.412. The fourth-order valence-corrected chi connectivity index (χ4v) is 2.84. The van der Waals surface area contributed by atoms with E-state index in [0.29, 0.717) is 35.7 Å². The number of aldehydes is 1. The van der Waals surface area contributed by atoms with E-state index in [2.05, 4.69) is 15.9 Å². The molecule has 0 radical (unpaired) electrons. The van der Waals surface area contributed by atoms with Gasteiger partial charge in [-0.3, -0.25) is 4.79 Å². The molecular formula is C18H16BrClO3. The molecule has 0 amide bonds. The quantitative estimate of drug-likeness (QED) is 0.481. The Kier molecular flexibility index (Phi) is 5.36. The van der Waals surface area contributed by atoms with Gasteiger partial charge in [0, 0.05) is 26.2 Å². The van der Waals surface area contributed by atoms with Crippen LogP contribution in [-0.4, -0.2) is 25.6 Å². The Balaban J connectivity index is 1.85. The zero-order valence-electron chi connectivity index (χ0n) is 12.4. The third-order valence-corrected chi connectivity index (χ3v) is 4.40. The first kappa shape index (κ1) is 16.5. The minimum absolute atomic E-state index is 0.412. The predicted octanol–water partition coefficient (Wildman–Crippen LogP) is 5.14. The van der Waals surface area contributed by atoms with Crippen LogP contribution < -0.4 is 4.74 Å². The molecule has 0 saturated heterocycles. The van der Waals surface area contributed by atoms with Crippen molar-refractivity contribution in [2.24, 2.45) is 0 Å². The topological polar surface area (TPSA) is 35.5 Å². The predicted molar refractivity (Wildman–Crippen MR) is 94.4 cm³/mol. The maximum atomic E-state index is 11.1. The van der Waals surface area contributed by atoms with Crippen LogP contribution in [0.2, 0.25) is 5.02 Å². The van der Waals surface area contributed by atoms with E-state index in [0.717, 1.165) is 34.7 Å². The molecule has 2 aromatic rings. The molecule has 120 valence electrons. The molecule has 1 fully saturated rings. The summed E-state index contributed by atoms with van der Waals surface area (Å²) in [5, 5.41) is 0.607. The summed E-state index contributed by atoms with van der Waals surface area (Å²) in [5.41, 5.74) is 2.20. The third kappa shape index (κ3) is 4.34. The van der Waals surface area contributed by atoms with Crippen molar-refractivity contribution >= 4 is 33.8 Å². The van der Waals surface area contributed by atoms with Gasteiger partial charge >= 0.3 is 0 Å². The molecule has 23 heavy (non-hydrogen) atoms. The molecule has 1 aliphatic rings. The van der Waals surface area contributed by atoms with Gasteiger partial charge in [0.05, 0.1) is 12.7 Å². The van der Waals surface area contributed by atoms with E-state index in [-0.39, 0.29) is 0 Å². The van der Waals surface area contributed by atoms with Crippen LogP contribution in [0.3, 0.4) is 0 Å². The minimum Gasteiger partial charge on any atom is -0.491 e. The lowest BCUT2D eigenvalue weighted by atomic mass is 10.0. The van der Waals surface area contributed by atoms with E-state index < -0.39 is 0 Å². The van der Waals surface area contributed by atoms with E-state index >= 15 is 0 Å². The van der Waals surface area contributed by atoms with E-state index in [1.165, 1.54) is 0 Å². The van der Waals surface area contributed by atoms with Gasteiger partial charge in [0.2, 0.25) is 0 Å². The number of carbonyl (C=O) groups is 1. The number of hydrogen-bond acceptors (Lipinski definition) is 3. The van der Waals surface area contributed by atoms with Crippen LogP contribution in [0.1, 0.15) is 23.2 Å². The van der Waals surface area contributed by atoms with Crippen LogP contribution in [0.5, 0.6) is 5.75 Å². The van der Waals surface area contributed by atoms with Gasteiger partial charge in [0.25, 0.3) is 0 Å². The van der Waals surface area contributed by atoms with Gasteiger partial charge in [-0.2, -0.15) is 0 Å². The Morgan fingerprint density at radius 3 is 2.70 bits per heavy atom. The summed E-state index contributed by atoms with van der Waals surface area (Å²) >= 11 is 9.77. The largest absolute Gasteiger partial charge is 0.491 e. The Bertz CT molecular complexity index is 713. The highest BCUT2D eigenvalue weighted by atomic mass is 79.9. The Morgan fingerprint density at radius 1 is 1.13 bits per heavy atom. The number of carbonyl (C=O) groups excluding carboxylic acids is 1. The summed E-state index contributed by atoms with van der Waals surface area (Å²) in [4.78, 5) is 11.1. The van der Waals surface area contributed by atoms with Gasteiger partial charge in [-0.1, -0.05) is 27.5 Å². The van der Waals surface area contributed by atoms with Gasteiger partial charge in [0.1, 0.15) is 18.6 Å². The van der Waals surface area contributed by atoms with Gasteiger partial charge in [-0.05, 0) is 49.2 Å². The van der Waals surface area contributed by atoms with Crippen LogP contribution in [0.25, 0.3) is 11.1 Å². The van der Waals surface area contributed by atoms with E-state index in [1.54, 1.807) is 18.2 Å². The highest BCUT2D eigenvalue weighted by Crippen LogP contribution is 2.37. The van der Waals surface area contributed by atoms with Crippen LogP contribution in [-0.2, 0) is 4.74 Å². The average molecular weight is 396 g/mol. The standard InChI is InChI=1S/C18H16BrClO3/c19-13-2-5-17(20)15(10-13)16-9-12(11-21)1-6-18(16)23-8-7-22-14-3-4-14/h1-2,5-6,9-11,14H,3-4,7-8H2. The highest BCUT2D eigenvalue weighted by molar-refractivity contribution is 9.10. The maximum Gasteiger partial charge on any atom is 0.150 e. The fraction of sp³-hybridized carbons (Fsp3) is 0.278. The van der Waals surface area contributed by atoms with E-state index in [9.17, 15) is 4.79 Å². The number of benzene rings is 2. The Hall–Kier alpha value is -1.36.